The van der Waals surface area contributed by atoms with Crippen molar-refractivity contribution in [2.75, 3.05) is 0 Å². The number of nitrogens with zero attached hydrogens (tertiary/aromatic N) is 2. The molecular weight excluding hydrogens is 124 g/mol. The van der Waals surface area contributed by atoms with E-state index in [0.29, 0.717) is 0 Å². The third-order valence-electron chi connectivity index (χ3n) is 1.38. The van der Waals surface area contributed by atoms with Crippen molar-refractivity contribution in [2.45, 2.75) is 6.92 Å². The van der Waals surface area contributed by atoms with E-state index in [0.717, 1.165) is 11.5 Å². The van der Waals surface area contributed by atoms with Gasteiger partial charge in [-0.2, -0.15) is 0 Å². The number of imidazole rings is 1. The minimum Gasteiger partial charge on any atom is -0.305 e. The molecule has 0 aliphatic carbocycles. The van der Waals surface area contributed by atoms with Gasteiger partial charge in [-0.1, -0.05) is 13.2 Å². The van der Waals surface area contributed by atoms with Crippen LogP contribution in [0.3, 0.4) is 0 Å². The minimum absolute atomic E-state index is 0.840. The predicted octanol–water partition coefficient (Wildman–Crippen LogP) is 1.94. The highest BCUT2D eigenvalue weighted by atomic mass is 15.1. The lowest BCUT2D eigenvalue weighted by Crippen LogP contribution is -1.90. The van der Waals surface area contributed by atoms with Crippen LogP contribution in [0, 0.1) is 6.92 Å². The van der Waals surface area contributed by atoms with Gasteiger partial charge in [-0.3, -0.25) is 0 Å². The van der Waals surface area contributed by atoms with Gasteiger partial charge in [0, 0.05) is 18.1 Å². The average molecular weight is 134 g/mol. The van der Waals surface area contributed by atoms with Crippen LogP contribution < -0.4 is 0 Å². The summed E-state index contributed by atoms with van der Waals surface area (Å²) >= 11 is 0. The molecule has 2 nitrogen and oxygen atoms in total. The van der Waals surface area contributed by atoms with Gasteiger partial charge in [0.25, 0.3) is 0 Å². The average Bonchev–Trinajstić information content (AvgIpc) is 2.30. The van der Waals surface area contributed by atoms with Crippen LogP contribution in [0.2, 0.25) is 0 Å². The molecule has 0 atom stereocenters. The number of hydrogen-bond acceptors (Lipinski definition) is 1. The molecule has 0 fully saturated rings. The van der Waals surface area contributed by atoms with E-state index < -0.39 is 0 Å². The molecule has 10 heavy (non-hydrogen) atoms. The van der Waals surface area contributed by atoms with Crippen LogP contribution in [0.15, 0.2) is 19.4 Å². The van der Waals surface area contributed by atoms with E-state index in [4.69, 9.17) is 0 Å². The van der Waals surface area contributed by atoms with Crippen LogP contribution in [-0.2, 0) is 0 Å². The molecule has 0 saturated heterocycles. The summed E-state index contributed by atoms with van der Waals surface area (Å²) in [5, 5.41) is 0. The van der Waals surface area contributed by atoms with Crippen LogP contribution in [0.25, 0.3) is 12.3 Å². The summed E-state index contributed by atoms with van der Waals surface area (Å²) in [5.41, 5.74) is 1.07. The second kappa shape index (κ2) is 2.52. The van der Waals surface area contributed by atoms with Crippen molar-refractivity contribution in [2.24, 2.45) is 0 Å². The van der Waals surface area contributed by atoms with Crippen LogP contribution in [0.4, 0.5) is 0 Å². The van der Waals surface area contributed by atoms with Gasteiger partial charge in [0.15, 0.2) is 0 Å². The lowest BCUT2D eigenvalue weighted by molar-refractivity contribution is 1.06. The smallest absolute Gasteiger partial charge is 0.136 e. The third kappa shape index (κ3) is 0.880. The molecule has 0 radical (unpaired) electrons. The molecule has 1 aromatic heterocycles. The van der Waals surface area contributed by atoms with Crippen LogP contribution >= 0.6 is 0 Å². The standard InChI is InChI=1S/C8H10N2/c1-4-8-9-6-7(3)10(8)5-2/h4-6H,1-2H2,3H3. The van der Waals surface area contributed by atoms with Gasteiger partial charge in [0.2, 0.25) is 0 Å². The van der Waals surface area contributed by atoms with Gasteiger partial charge < -0.3 is 4.57 Å². The molecule has 1 rings (SSSR count). The van der Waals surface area contributed by atoms with Crippen molar-refractivity contribution in [3.8, 4) is 0 Å². The summed E-state index contributed by atoms with van der Waals surface area (Å²) in [6.45, 7) is 9.24. The Morgan fingerprint density at radius 1 is 1.60 bits per heavy atom. The summed E-state index contributed by atoms with van der Waals surface area (Å²) in [6.07, 6.45) is 5.22. The summed E-state index contributed by atoms with van der Waals surface area (Å²) < 4.78 is 1.88. The molecule has 2 heteroatoms. The maximum Gasteiger partial charge on any atom is 0.136 e. The highest BCUT2D eigenvalue weighted by Gasteiger charge is 1.97. The van der Waals surface area contributed by atoms with E-state index in [1.807, 2.05) is 11.5 Å². The Morgan fingerprint density at radius 2 is 2.30 bits per heavy atom. The first kappa shape index (κ1) is 6.81. The maximum atomic E-state index is 4.08. The molecule has 52 valence electrons. The zero-order valence-corrected chi connectivity index (χ0v) is 6.04. The summed E-state index contributed by atoms with van der Waals surface area (Å²) in [7, 11) is 0. The molecular formula is C8H10N2. The number of hydrogen-bond donors (Lipinski definition) is 0. The lowest BCUT2D eigenvalue weighted by atomic mass is 10.5. The molecule has 0 aliphatic rings. The van der Waals surface area contributed by atoms with Crippen molar-refractivity contribution in [1.82, 2.24) is 9.55 Å². The molecule has 1 heterocycles. The number of rotatable bonds is 2. The topological polar surface area (TPSA) is 17.8 Å². The zero-order chi connectivity index (χ0) is 7.56. The van der Waals surface area contributed by atoms with E-state index in [2.05, 4.69) is 18.1 Å². The first-order chi connectivity index (χ1) is 4.79. The Bertz CT molecular complexity index is 258. The molecule has 0 unspecified atom stereocenters. The fourth-order valence-corrected chi connectivity index (χ4v) is 0.853. The summed E-state index contributed by atoms with van der Waals surface area (Å²) in [6, 6.07) is 0. The molecule has 0 N–H and O–H groups in total. The molecule has 0 aliphatic heterocycles. The fraction of sp³-hybridized carbons (Fsp3) is 0.125. The van der Waals surface area contributed by atoms with Crippen molar-refractivity contribution < 1.29 is 0 Å². The Labute approximate surface area is 60.5 Å². The van der Waals surface area contributed by atoms with Crippen LogP contribution in [-0.4, -0.2) is 9.55 Å². The molecule has 0 aromatic carbocycles. The first-order valence-electron chi connectivity index (χ1n) is 3.08. The second-order valence-electron chi connectivity index (χ2n) is 2.01. The van der Waals surface area contributed by atoms with E-state index in [9.17, 15) is 0 Å². The fourth-order valence-electron chi connectivity index (χ4n) is 0.853. The first-order valence-corrected chi connectivity index (χ1v) is 3.08. The van der Waals surface area contributed by atoms with Gasteiger partial charge in [-0.15, -0.1) is 0 Å². The third-order valence-corrected chi connectivity index (χ3v) is 1.38. The van der Waals surface area contributed by atoms with E-state index in [1.54, 1.807) is 18.5 Å². The highest BCUT2D eigenvalue weighted by Crippen LogP contribution is 2.04. The van der Waals surface area contributed by atoms with Gasteiger partial charge >= 0.3 is 0 Å². The normalized spacial score (nSPS) is 9.30. The monoisotopic (exact) mass is 134 g/mol. The van der Waals surface area contributed by atoms with Crippen molar-refractivity contribution in [3.05, 3.63) is 30.9 Å². The van der Waals surface area contributed by atoms with E-state index in [-0.39, 0.29) is 0 Å². The van der Waals surface area contributed by atoms with Crippen molar-refractivity contribution in [3.63, 3.8) is 0 Å². The minimum atomic E-state index is 0.840. The molecule has 0 bridgehead atoms. The largest absolute Gasteiger partial charge is 0.305 e. The quantitative estimate of drug-likeness (QED) is 0.604. The summed E-state index contributed by atoms with van der Waals surface area (Å²) in [5.74, 6) is 0.840. The zero-order valence-electron chi connectivity index (χ0n) is 6.04. The summed E-state index contributed by atoms with van der Waals surface area (Å²) in [4.78, 5) is 4.08. The molecule has 0 amide bonds. The lowest BCUT2D eigenvalue weighted by Gasteiger charge is -1.96. The number of aromatic nitrogens is 2. The predicted molar refractivity (Wildman–Crippen MR) is 43.4 cm³/mol. The van der Waals surface area contributed by atoms with Crippen molar-refractivity contribution >= 4 is 12.3 Å². The Balaban J connectivity index is 3.25. The molecule has 0 spiro atoms. The highest BCUT2D eigenvalue weighted by molar-refractivity contribution is 5.43. The van der Waals surface area contributed by atoms with Gasteiger partial charge in [0.05, 0.1) is 0 Å². The van der Waals surface area contributed by atoms with Gasteiger partial charge in [0.1, 0.15) is 5.82 Å². The Hall–Kier alpha value is -1.31. The van der Waals surface area contributed by atoms with Crippen molar-refractivity contribution in [1.29, 1.82) is 0 Å². The Morgan fingerprint density at radius 3 is 2.70 bits per heavy atom. The SMILES string of the molecule is C=Cc1ncc(C)n1C=C. The molecule has 0 saturated carbocycles. The number of aryl methyl sites for hydroxylation is 1. The van der Waals surface area contributed by atoms with E-state index >= 15 is 0 Å². The second-order valence-corrected chi connectivity index (χ2v) is 2.01. The van der Waals surface area contributed by atoms with Gasteiger partial charge in [-0.25, -0.2) is 4.98 Å². The van der Waals surface area contributed by atoms with Gasteiger partial charge in [-0.05, 0) is 13.0 Å². The Kier molecular flexibility index (Phi) is 1.71. The van der Waals surface area contributed by atoms with E-state index in [1.165, 1.54) is 0 Å². The maximum absolute atomic E-state index is 4.08. The molecule has 1 aromatic rings. The van der Waals surface area contributed by atoms with Crippen LogP contribution in [0.1, 0.15) is 11.5 Å². The van der Waals surface area contributed by atoms with Crippen LogP contribution in [0.5, 0.6) is 0 Å².